The summed E-state index contributed by atoms with van der Waals surface area (Å²) in [7, 11) is 1.81. The Kier molecular flexibility index (Phi) is 4.18. The zero-order valence-corrected chi connectivity index (χ0v) is 11.0. The van der Waals surface area contributed by atoms with Crippen LogP contribution in [0.4, 0.5) is 5.69 Å². The Morgan fingerprint density at radius 3 is 2.53 bits per heavy atom. The van der Waals surface area contributed by atoms with E-state index in [0.717, 1.165) is 6.42 Å². The number of hydrogen-bond acceptors (Lipinski definition) is 2. The van der Waals surface area contributed by atoms with Crippen molar-refractivity contribution in [2.45, 2.75) is 6.42 Å². The summed E-state index contributed by atoms with van der Waals surface area (Å²) in [5.74, 6) is 0.00299. The average Bonchev–Trinajstić information content (AvgIpc) is 2.45. The van der Waals surface area contributed by atoms with E-state index in [-0.39, 0.29) is 5.91 Å². The van der Waals surface area contributed by atoms with E-state index in [2.05, 4.69) is 12.1 Å². The maximum atomic E-state index is 12.2. The minimum Gasteiger partial charge on any atom is -0.399 e. The SMILES string of the molecule is CN(CCc1ccccc1)C(=O)c1cccc(N)c1. The molecule has 0 spiro atoms. The maximum absolute atomic E-state index is 12.2. The zero-order valence-electron chi connectivity index (χ0n) is 11.0. The summed E-state index contributed by atoms with van der Waals surface area (Å²) >= 11 is 0. The van der Waals surface area contributed by atoms with Crippen LogP contribution in [0.3, 0.4) is 0 Å². The number of likely N-dealkylation sites (N-methyl/N-ethyl adjacent to an activating group) is 1. The van der Waals surface area contributed by atoms with Crippen LogP contribution in [0.1, 0.15) is 15.9 Å². The van der Waals surface area contributed by atoms with E-state index in [9.17, 15) is 4.79 Å². The molecule has 0 bridgehead atoms. The lowest BCUT2D eigenvalue weighted by Crippen LogP contribution is -2.28. The van der Waals surface area contributed by atoms with Crippen LogP contribution in [0.25, 0.3) is 0 Å². The van der Waals surface area contributed by atoms with Crippen molar-refractivity contribution in [2.75, 3.05) is 19.3 Å². The molecule has 0 radical (unpaired) electrons. The van der Waals surface area contributed by atoms with Crippen molar-refractivity contribution in [1.29, 1.82) is 0 Å². The van der Waals surface area contributed by atoms with E-state index in [0.29, 0.717) is 17.8 Å². The smallest absolute Gasteiger partial charge is 0.253 e. The fourth-order valence-corrected chi connectivity index (χ4v) is 1.94. The zero-order chi connectivity index (χ0) is 13.7. The van der Waals surface area contributed by atoms with Crippen molar-refractivity contribution in [3.63, 3.8) is 0 Å². The lowest BCUT2D eigenvalue weighted by atomic mass is 10.1. The molecule has 0 aliphatic heterocycles. The number of nitrogen functional groups attached to an aromatic ring is 1. The lowest BCUT2D eigenvalue weighted by molar-refractivity contribution is 0.0796. The summed E-state index contributed by atoms with van der Waals surface area (Å²) in [6.45, 7) is 0.692. The van der Waals surface area contributed by atoms with Gasteiger partial charge in [0.25, 0.3) is 5.91 Å². The van der Waals surface area contributed by atoms with Gasteiger partial charge in [0.05, 0.1) is 0 Å². The van der Waals surface area contributed by atoms with Gasteiger partial charge in [0.15, 0.2) is 0 Å². The summed E-state index contributed by atoms with van der Waals surface area (Å²) in [6, 6.07) is 17.2. The van der Waals surface area contributed by atoms with Gasteiger partial charge in [-0.2, -0.15) is 0 Å². The Bertz CT molecular complexity index is 552. The van der Waals surface area contributed by atoms with Gasteiger partial charge in [-0.3, -0.25) is 4.79 Å². The predicted octanol–water partition coefficient (Wildman–Crippen LogP) is 2.58. The monoisotopic (exact) mass is 254 g/mol. The average molecular weight is 254 g/mol. The van der Waals surface area contributed by atoms with Gasteiger partial charge in [0.1, 0.15) is 0 Å². The van der Waals surface area contributed by atoms with Gasteiger partial charge < -0.3 is 10.6 Å². The van der Waals surface area contributed by atoms with Crippen LogP contribution in [-0.4, -0.2) is 24.4 Å². The van der Waals surface area contributed by atoms with Crippen LogP contribution in [0.5, 0.6) is 0 Å². The van der Waals surface area contributed by atoms with Crippen molar-refractivity contribution in [3.8, 4) is 0 Å². The van der Waals surface area contributed by atoms with Gasteiger partial charge in [0, 0.05) is 24.8 Å². The minimum absolute atomic E-state index is 0.00299. The molecule has 2 N–H and O–H groups in total. The van der Waals surface area contributed by atoms with Gasteiger partial charge >= 0.3 is 0 Å². The number of nitrogens with two attached hydrogens (primary N) is 1. The van der Waals surface area contributed by atoms with Gasteiger partial charge in [-0.1, -0.05) is 36.4 Å². The highest BCUT2D eigenvalue weighted by molar-refractivity contribution is 5.94. The molecule has 1 amide bonds. The Hall–Kier alpha value is -2.29. The number of amides is 1. The molecule has 3 nitrogen and oxygen atoms in total. The van der Waals surface area contributed by atoms with E-state index in [1.54, 1.807) is 29.2 Å². The van der Waals surface area contributed by atoms with E-state index >= 15 is 0 Å². The molecule has 2 aromatic rings. The van der Waals surface area contributed by atoms with Crippen LogP contribution < -0.4 is 5.73 Å². The standard InChI is InChI=1S/C16H18N2O/c1-18(11-10-13-6-3-2-4-7-13)16(19)14-8-5-9-15(17)12-14/h2-9,12H,10-11,17H2,1H3. The highest BCUT2D eigenvalue weighted by atomic mass is 16.2. The van der Waals surface area contributed by atoms with Crippen LogP contribution >= 0.6 is 0 Å². The second kappa shape index (κ2) is 6.05. The van der Waals surface area contributed by atoms with Crippen LogP contribution in [0.15, 0.2) is 54.6 Å². The van der Waals surface area contributed by atoms with Gasteiger partial charge in [-0.25, -0.2) is 0 Å². The Morgan fingerprint density at radius 1 is 1.11 bits per heavy atom. The number of carbonyl (C=O) groups is 1. The second-order valence-electron chi connectivity index (χ2n) is 4.59. The largest absolute Gasteiger partial charge is 0.399 e. The summed E-state index contributed by atoms with van der Waals surface area (Å²) in [4.78, 5) is 13.9. The number of anilines is 1. The number of hydrogen-bond donors (Lipinski definition) is 1. The first-order valence-corrected chi connectivity index (χ1v) is 6.32. The van der Waals surface area contributed by atoms with Crippen LogP contribution in [-0.2, 0) is 6.42 Å². The summed E-state index contributed by atoms with van der Waals surface area (Å²) in [5, 5.41) is 0. The van der Waals surface area contributed by atoms with Crippen molar-refractivity contribution in [1.82, 2.24) is 4.90 Å². The van der Waals surface area contributed by atoms with Crippen molar-refractivity contribution >= 4 is 11.6 Å². The van der Waals surface area contributed by atoms with Crippen molar-refractivity contribution in [3.05, 3.63) is 65.7 Å². The van der Waals surface area contributed by atoms with E-state index in [1.165, 1.54) is 5.56 Å². The molecule has 0 heterocycles. The topological polar surface area (TPSA) is 46.3 Å². The number of carbonyl (C=O) groups excluding carboxylic acids is 1. The number of nitrogens with zero attached hydrogens (tertiary/aromatic N) is 1. The third-order valence-corrected chi connectivity index (χ3v) is 3.06. The number of benzene rings is 2. The van der Waals surface area contributed by atoms with Gasteiger partial charge in [-0.05, 0) is 30.2 Å². The minimum atomic E-state index is 0.00299. The first kappa shape index (κ1) is 13.1. The maximum Gasteiger partial charge on any atom is 0.253 e. The Morgan fingerprint density at radius 2 is 1.84 bits per heavy atom. The molecule has 2 rings (SSSR count). The molecule has 0 saturated carbocycles. The molecule has 0 aliphatic carbocycles. The second-order valence-corrected chi connectivity index (χ2v) is 4.59. The Labute approximate surface area is 113 Å². The Balaban J connectivity index is 1.96. The highest BCUT2D eigenvalue weighted by Gasteiger charge is 2.11. The summed E-state index contributed by atoms with van der Waals surface area (Å²) in [5.41, 5.74) is 8.17. The summed E-state index contributed by atoms with van der Waals surface area (Å²) in [6.07, 6.45) is 0.853. The first-order chi connectivity index (χ1) is 9.16. The van der Waals surface area contributed by atoms with Gasteiger partial charge in [-0.15, -0.1) is 0 Å². The number of rotatable bonds is 4. The van der Waals surface area contributed by atoms with E-state index < -0.39 is 0 Å². The van der Waals surface area contributed by atoms with E-state index in [4.69, 9.17) is 5.73 Å². The fourth-order valence-electron chi connectivity index (χ4n) is 1.94. The lowest BCUT2D eigenvalue weighted by Gasteiger charge is -2.17. The van der Waals surface area contributed by atoms with Crippen molar-refractivity contribution in [2.24, 2.45) is 0 Å². The van der Waals surface area contributed by atoms with Crippen molar-refractivity contribution < 1.29 is 4.79 Å². The van der Waals surface area contributed by atoms with Crippen LogP contribution in [0.2, 0.25) is 0 Å². The molecule has 0 fully saturated rings. The molecular formula is C16H18N2O. The van der Waals surface area contributed by atoms with Gasteiger partial charge in [0.2, 0.25) is 0 Å². The quantitative estimate of drug-likeness (QED) is 0.852. The highest BCUT2D eigenvalue weighted by Crippen LogP contribution is 2.09. The molecule has 0 saturated heterocycles. The fraction of sp³-hybridized carbons (Fsp3) is 0.188. The molecule has 0 unspecified atom stereocenters. The molecule has 19 heavy (non-hydrogen) atoms. The molecule has 2 aromatic carbocycles. The third-order valence-electron chi connectivity index (χ3n) is 3.06. The molecule has 0 aliphatic rings. The molecule has 3 heteroatoms. The van der Waals surface area contributed by atoms with E-state index in [1.807, 2.05) is 25.2 Å². The molecule has 0 atom stereocenters. The normalized spacial score (nSPS) is 10.2. The molecule has 98 valence electrons. The molecular weight excluding hydrogens is 236 g/mol. The van der Waals surface area contributed by atoms with Crippen LogP contribution in [0, 0.1) is 0 Å². The first-order valence-electron chi connectivity index (χ1n) is 6.32. The third kappa shape index (κ3) is 3.58. The molecule has 0 aromatic heterocycles. The predicted molar refractivity (Wildman–Crippen MR) is 78.0 cm³/mol. The summed E-state index contributed by atoms with van der Waals surface area (Å²) < 4.78 is 0.